The third-order valence-electron chi connectivity index (χ3n) is 3.42. The predicted molar refractivity (Wildman–Crippen MR) is 60.4 cm³/mol. The Morgan fingerprint density at radius 3 is 2.56 bits per heavy atom. The van der Waals surface area contributed by atoms with Crippen LogP contribution in [0.3, 0.4) is 0 Å². The highest BCUT2D eigenvalue weighted by Gasteiger charge is 2.37. The molecule has 0 amide bonds. The highest BCUT2D eigenvalue weighted by molar-refractivity contribution is 5.32. The zero-order valence-electron chi connectivity index (χ0n) is 9.52. The van der Waals surface area contributed by atoms with Gasteiger partial charge in [0.05, 0.1) is 0 Å². The van der Waals surface area contributed by atoms with E-state index in [0.29, 0.717) is 5.56 Å². The quantitative estimate of drug-likeness (QED) is 0.837. The second kappa shape index (κ2) is 4.13. The summed E-state index contributed by atoms with van der Waals surface area (Å²) in [7, 11) is 0. The van der Waals surface area contributed by atoms with Gasteiger partial charge in [-0.3, -0.25) is 0 Å². The van der Waals surface area contributed by atoms with Crippen LogP contribution in [0.25, 0.3) is 0 Å². The lowest BCUT2D eigenvalue weighted by Gasteiger charge is -2.10. The Bertz CT molecular complexity index is 374. The number of hydrogen-bond acceptors (Lipinski definition) is 1. The fraction of sp³-hybridized carbons (Fsp3) is 0.538. The highest BCUT2D eigenvalue weighted by atomic mass is 19.1. The monoisotopic (exact) mass is 225 g/mol. The van der Waals surface area contributed by atoms with Gasteiger partial charge in [0.2, 0.25) is 0 Å². The van der Waals surface area contributed by atoms with Gasteiger partial charge in [0, 0.05) is 11.1 Å². The van der Waals surface area contributed by atoms with Crippen LogP contribution in [0.15, 0.2) is 12.1 Å². The van der Waals surface area contributed by atoms with E-state index in [1.165, 1.54) is 6.07 Å². The summed E-state index contributed by atoms with van der Waals surface area (Å²) in [5.74, 6) is -0.431. The first-order valence-corrected chi connectivity index (χ1v) is 5.67. The smallest absolute Gasteiger partial charge is 0.129 e. The number of benzene rings is 1. The van der Waals surface area contributed by atoms with Crippen molar-refractivity contribution >= 4 is 0 Å². The van der Waals surface area contributed by atoms with Crippen molar-refractivity contribution in [2.45, 2.75) is 44.8 Å². The molecule has 0 unspecified atom stereocenters. The largest absolute Gasteiger partial charge is 0.325 e. The van der Waals surface area contributed by atoms with Crippen molar-refractivity contribution in [3.63, 3.8) is 0 Å². The number of rotatable bonds is 4. The number of nitrogens with two attached hydrogens (primary N) is 1. The summed E-state index contributed by atoms with van der Waals surface area (Å²) in [6.07, 6.45) is 3.80. The molecule has 0 saturated heterocycles. The van der Waals surface area contributed by atoms with E-state index in [-0.39, 0.29) is 11.1 Å². The molecule has 3 heteroatoms. The standard InChI is InChI=1S/C13H17F2N/c1-9-6-10(2-3-13(16)4-5-13)7-12(15)11(9)8-14/h6-7H,2-5,8,16H2,1H3. The molecule has 88 valence electrons. The van der Waals surface area contributed by atoms with Gasteiger partial charge in [-0.15, -0.1) is 0 Å². The van der Waals surface area contributed by atoms with Crippen molar-refractivity contribution in [3.05, 3.63) is 34.6 Å². The van der Waals surface area contributed by atoms with E-state index in [1.807, 2.05) is 6.07 Å². The molecule has 0 heterocycles. The zero-order valence-corrected chi connectivity index (χ0v) is 9.52. The minimum Gasteiger partial charge on any atom is -0.325 e. The molecule has 2 rings (SSSR count). The molecule has 1 aliphatic carbocycles. The van der Waals surface area contributed by atoms with E-state index < -0.39 is 12.5 Å². The Labute approximate surface area is 94.7 Å². The van der Waals surface area contributed by atoms with E-state index in [0.717, 1.165) is 31.2 Å². The van der Waals surface area contributed by atoms with Gasteiger partial charge in [0.25, 0.3) is 0 Å². The number of aryl methyl sites for hydroxylation is 2. The van der Waals surface area contributed by atoms with E-state index in [4.69, 9.17) is 5.73 Å². The molecule has 1 nitrogen and oxygen atoms in total. The summed E-state index contributed by atoms with van der Waals surface area (Å²) < 4.78 is 26.0. The van der Waals surface area contributed by atoms with Crippen molar-refractivity contribution < 1.29 is 8.78 Å². The molecule has 0 aromatic heterocycles. The Kier molecular flexibility index (Phi) is 2.98. The van der Waals surface area contributed by atoms with Crippen LogP contribution in [-0.4, -0.2) is 5.54 Å². The molecule has 0 bridgehead atoms. The minimum absolute atomic E-state index is 0.0108. The molecular weight excluding hydrogens is 208 g/mol. The van der Waals surface area contributed by atoms with Gasteiger partial charge in [-0.1, -0.05) is 6.07 Å². The summed E-state index contributed by atoms with van der Waals surface area (Å²) in [5, 5.41) is 0. The van der Waals surface area contributed by atoms with E-state index in [9.17, 15) is 8.78 Å². The molecule has 0 spiro atoms. The molecule has 1 saturated carbocycles. The first kappa shape index (κ1) is 11.5. The van der Waals surface area contributed by atoms with E-state index in [2.05, 4.69) is 0 Å². The second-order valence-electron chi connectivity index (χ2n) is 4.87. The molecule has 0 aliphatic heterocycles. The fourth-order valence-corrected chi connectivity index (χ4v) is 1.96. The molecule has 0 atom stereocenters. The summed E-state index contributed by atoms with van der Waals surface area (Å²) in [4.78, 5) is 0. The van der Waals surface area contributed by atoms with Gasteiger partial charge < -0.3 is 5.73 Å². The van der Waals surface area contributed by atoms with Gasteiger partial charge in [0.1, 0.15) is 12.5 Å². The molecule has 1 aliphatic rings. The maximum Gasteiger partial charge on any atom is 0.129 e. The number of hydrogen-bond donors (Lipinski definition) is 1. The average molecular weight is 225 g/mol. The SMILES string of the molecule is Cc1cc(CCC2(N)CC2)cc(F)c1CF. The Morgan fingerprint density at radius 2 is 2.06 bits per heavy atom. The number of alkyl halides is 1. The van der Waals surface area contributed by atoms with Gasteiger partial charge in [-0.25, -0.2) is 8.78 Å². The van der Waals surface area contributed by atoms with Crippen molar-refractivity contribution in [2.75, 3.05) is 0 Å². The summed E-state index contributed by atoms with van der Waals surface area (Å²) >= 11 is 0. The molecule has 16 heavy (non-hydrogen) atoms. The fourth-order valence-electron chi connectivity index (χ4n) is 1.96. The van der Waals surface area contributed by atoms with Gasteiger partial charge in [-0.2, -0.15) is 0 Å². The maximum atomic E-state index is 13.5. The lowest BCUT2D eigenvalue weighted by atomic mass is 9.99. The lowest BCUT2D eigenvalue weighted by Crippen LogP contribution is -2.22. The van der Waals surface area contributed by atoms with Crippen LogP contribution in [0.1, 0.15) is 36.0 Å². The highest BCUT2D eigenvalue weighted by Crippen LogP contribution is 2.36. The van der Waals surface area contributed by atoms with E-state index >= 15 is 0 Å². The van der Waals surface area contributed by atoms with Crippen LogP contribution in [-0.2, 0) is 13.1 Å². The Hall–Kier alpha value is -0.960. The van der Waals surface area contributed by atoms with Gasteiger partial charge >= 0.3 is 0 Å². The van der Waals surface area contributed by atoms with Gasteiger partial charge in [0.15, 0.2) is 0 Å². The van der Waals surface area contributed by atoms with Crippen molar-refractivity contribution in [1.29, 1.82) is 0 Å². The van der Waals surface area contributed by atoms with Crippen molar-refractivity contribution in [3.8, 4) is 0 Å². The summed E-state index contributed by atoms with van der Waals surface area (Å²) in [6, 6.07) is 3.30. The molecule has 2 N–H and O–H groups in total. The first-order chi connectivity index (χ1) is 7.54. The molecule has 1 aromatic rings. The zero-order chi connectivity index (χ0) is 11.8. The average Bonchev–Trinajstić information content (AvgIpc) is 2.94. The molecule has 0 radical (unpaired) electrons. The third-order valence-corrected chi connectivity index (χ3v) is 3.42. The topological polar surface area (TPSA) is 26.0 Å². The van der Waals surface area contributed by atoms with Crippen LogP contribution >= 0.6 is 0 Å². The van der Waals surface area contributed by atoms with Crippen LogP contribution in [0.5, 0.6) is 0 Å². The molecular formula is C13H17F2N. The Morgan fingerprint density at radius 1 is 1.38 bits per heavy atom. The van der Waals surface area contributed by atoms with Crippen molar-refractivity contribution in [1.82, 2.24) is 0 Å². The van der Waals surface area contributed by atoms with Crippen LogP contribution in [0.2, 0.25) is 0 Å². The maximum absolute atomic E-state index is 13.5. The van der Waals surface area contributed by atoms with Crippen LogP contribution < -0.4 is 5.73 Å². The number of halogens is 2. The van der Waals surface area contributed by atoms with E-state index in [1.54, 1.807) is 6.92 Å². The van der Waals surface area contributed by atoms with Crippen molar-refractivity contribution in [2.24, 2.45) is 5.73 Å². The van der Waals surface area contributed by atoms with Crippen LogP contribution in [0.4, 0.5) is 8.78 Å². The lowest BCUT2D eigenvalue weighted by molar-refractivity contribution is 0.461. The Balaban J connectivity index is 2.10. The molecule has 1 fully saturated rings. The normalized spacial score (nSPS) is 17.5. The van der Waals surface area contributed by atoms with Crippen LogP contribution in [0, 0.1) is 12.7 Å². The summed E-state index contributed by atoms with van der Waals surface area (Å²) in [5.41, 5.74) is 7.75. The molecule has 1 aromatic carbocycles. The summed E-state index contributed by atoms with van der Waals surface area (Å²) in [6.45, 7) is 1.01. The minimum atomic E-state index is -0.737. The third kappa shape index (κ3) is 2.40. The first-order valence-electron chi connectivity index (χ1n) is 5.67. The predicted octanol–water partition coefficient (Wildman–Crippen LogP) is 3.03. The van der Waals surface area contributed by atoms with Gasteiger partial charge in [-0.05, 0) is 49.8 Å². The second-order valence-corrected chi connectivity index (χ2v) is 4.87.